The molecular formula is C14H13N. The summed E-state index contributed by atoms with van der Waals surface area (Å²) in [6.07, 6.45) is 3.58. The van der Waals surface area contributed by atoms with Crippen molar-refractivity contribution >= 4 is 23.6 Å². The van der Waals surface area contributed by atoms with Crippen molar-refractivity contribution in [1.29, 1.82) is 0 Å². The molecule has 0 saturated carbocycles. The molecule has 0 bridgehead atoms. The number of allylic oxidation sites excluding steroid dienone is 2. The molecule has 0 spiro atoms. The molecule has 1 heterocycles. The van der Waals surface area contributed by atoms with Gasteiger partial charge in [0.15, 0.2) is 0 Å². The second-order valence-corrected chi connectivity index (χ2v) is 3.57. The van der Waals surface area contributed by atoms with Crippen LogP contribution in [0.15, 0.2) is 42.4 Å². The van der Waals surface area contributed by atoms with E-state index in [0.717, 1.165) is 27.4 Å². The summed E-state index contributed by atoms with van der Waals surface area (Å²) in [4.78, 5) is 4.47. The first-order valence-corrected chi connectivity index (χ1v) is 4.86. The highest BCUT2D eigenvalue weighted by atomic mass is 14.8. The van der Waals surface area contributed by atoms with Gasteiger partial charge in [-0.25, -0.2) is 4.99 Å². The van der Waals surface area contributed by atoms with Gasteiger partial charge in [-0.3, -0.25) is 0 Å². The highest BCUT2D eigenvalue weighted by molar-refractivity contribution is 6.30. The average molecular weight is 195 g/mol. The van der Waals surface area contributed by atoms with E-state index in [2.05, 4.69) is 31.7 Å². The van der Waals surface area contributed by atoms with Crippen LogP contribution in [0.4, 0.5) is 5.69 Å². The van der Waals surface area contributed by atoms with Gasteiger partial charge in [-0.2, -0.15) is 0 Å². The number of nitrogens with zero attached hydrogens (tertiary/aromatic N) is 1. The van der Waals surface area contributed by atoms with Gasteiger partial charge in [-0.1, -0.05) is 31.9 Å². The zero-order valence-corrected chi connectivity index (χ0v) is 8.88. The highest BCUT2D eigenvalue weighted by Crippen LogP contribution is 2.16. The summed E-state index contributed by atoms with van der Waals surface area (Å²) in [6, 6.07) is 4.05. The van der Waals surface area contributed by atoms with Crippen molar-refractivity contribution < 1.29 is 0 Å². The van der Waals surface area contributed by atoms with Gasteiger partial charge in [0, 0.05) is 10.8 Å². The lowest BCUT2D eigenvalue weighted by atomic mass is 10.1. The maximum absolute atomic E-state index is 4.47. The van der Waals surface area contributed by atoms with Gasteiger partial charge < -0.3 is 0 Å². The average Bonchev–Trinajstić information content (AvgIpc) is 2.61. The normalized spacial score (nSPS) is 13.4. The minimum atomic E-state index is 0.885. The number of hydrogen-bond acceptors (Lipinski definition) is 1. The summed E-state index contributed by atoms with van der Waals surface area (Å²) >= 11 is 0. The number of rotatable bonds is 2. The molecule has 1 aliphatic rings. The summed E-state index contributed by atoms with van der Waals surface area (Å²) < 4.78 is 0. The maximum Gasteiger partial charge on any atom is 0.0722 e. The van der Waals surface area contributed by atoms with Crippen LogP contribution < -0.4 is 10.4 Å². The summed E-state index contributed by atoms with van der Waals surface area (Å²) in [6.45, 7) is 13.7. The van der Waals surface area contributed by atoms with E-state index < -0.39 is 0 Å². The van der Waals surface area contributed by atoms with E-state index in [1.54, 1.807) is 6.08 Å². The second kappa shape index (κ2) is 3.35. The zero-order valence-electron chi connectivity index (χ0n) is 8.88. The molecular weight excluding hydrogens is 182 g/mol. The van der Waals surface area contributed by atoms with Crippen molar-refractivity contribution in [2.24, 2.45) is 4.99 Å². The van der Waals surface area contributed by atoms with Crippen molar-refractivity contribution in [3.8, 4) is 0 Å². The zero-order chi connectivity index (χ0) is 11.0. The van der Waals surface area contributed by atoms with Crippen LogP contribution in [0.2, 0.25) is 0 Å². The SMILES string of the molecule is C=CC1=Nc2ccc(C)c(=C)c2=C1C=C. The standard InChI is InChI=1S/C14H13N/c1-5-11-12(6-2)15-13-8-7-9(3)10(4)14(11)13/h5-8H,1-2,4H2,3H3. The van der Waals surface area contributed by atoms with Crippen molar-refractivity contribution in [3.05, 3.63) is 53.4 Å². The number of aliphatic imine (C=N–C) groups is 1. The Balaban J connectivity index is 2.97. The van der Waals surface area contributed by atoms with Crippen molar-refractivity contribution in [3.63, 3.8) is 0 Å². The van der Waals surface area contributed by atoms with E-state index in [-0.39, 0.29) is 0 Å². The van der Waals surface area contributed by atoms with Crippen molar-refractivity contribution in [1.82, 2.24) is 0 Å². The van der Waals surface area contributed by atoms with Crippen LogP contribution in [0.5, 0.6) is 0 Å². The van der Waals surface area contributed by atoms with Crippen LogP contribution in [-0.2, 0) is 0 Å². The first-order valence-electron chi connectivity index (χ1n) is 4.86. The first-order chi connectivity index (χ1) is 7.19. The quantitative estimate of drug-likeness (QED) is 0.684. The summed E-state index contributed by atoms with van der Waals surface area (Å²) in [5.41, 5.74) is 4.06. The third kappa shape index (κ3) is 1.28. The Morgan fingerprint density at radius 1 is 1.20 bits per heavy atom. The predicted molar refractivity (Wildman–Crippen MR) is 66.8 cm³/mol. The van der Waals surface area contributed by atoms with E-state index in [1.807, 2.05) is 18.2 Å². The van der Waals surface area contributed by atoms with Crippen LogP contribution in [0.1, 0.15) is 5.56 Å². The molecule has 0 aliphatic carbocycles. The van der Waals surface area contributed by atoms with Gasteiger partial charge in [0.25, 0.3) is 0 Å². The molecule has 0 aromatic heterocycles. The summed E-state index contributed by atoms with van der Waals surface area (Å²) in [5, 5.41) is 2.13. The van der Waals surface area contributed by atoms with Gasteiger partial charge in [0.2, 0.25) is 0 Å². The maximum atomic E-state index is 4.47. The largest absolute Gasteiger partial charge is 0.248 e. The van der Waals surface area contributed by atoms with E-state index >= 15 is 0 Å². The molecule has 0 atom stereocenters. The monoisotopic (exact) mass is 195 g/mol. The Kier molecular flexibility index (Phi) is 2.16. The van der Waals surface area contributed by atoms with Gasteiger partial charge in [-0.15, -0.1) is 0 Å². The molecule has 1 nitrogen and oxygen atoms in total. The Labute approximate surface area is 89.5 Å². The number of hydrogen-bond donors (Lipinski definition) is 0. The highest BCUT2D eigenvalue weighted by Gasteiger charge is 2.12. The molecule has 0 radical (unpaired) electrons. The number of fused-ring (bicyclic) bond motifs is 1. The van der Waals surface area contributed by atoms with E-state index in [0.29, 0.717) is 0 Å². The van der Waals surface area contributed by atoms with Crippen LogP contribution in [0, 0.1) is 6.92 Å². The van der Waals surface area contributed by atoms with Gasteiger partial charge >= 0.3 is 0 Å². The van der Waals surface area contributed by atoms with Gasteiger partial charge in [-0.05, 0) is 29.8 Å². The Morgan fingerprint density at radius 2 is 1.93 bits per heavy atom. The fraction of sp³-hybridized carbons (Fsp3) is 0.0714. The fourth-order valence-electron chi connectivity index (χ4n) is 1.81. The Hall–Kier alpha value is -1.89. The van der Waals surface area contributed by atoms with E-state index in [4.69, 9.17) is 0 Å². The molecule has 0 saturated heterocycles. The molecule has 1 aromatic carbocycles. The van der Waals surface area contributed by atoms with Crippen LogP contribution in [0.25, 0.3) is 12.2 Å². The second-order valence-electron chi connectivity index (χ2n) is 3.57. The van der Waals surface area contributed by atoms with E-state index in [9.17, 15) is 0 Å². The smallest absolute Gasteiger partial charge is 0.0722 e. The molecule has 0 amide bonds. The predicted octanol–water partition coefficient (Wildman–Crippen LogP) is 2.01. The molecule has 0 fully saturated rings. The summed E-state index contributed by atoms with van der Waals surface area (Å²) in [5.74, 6) is 0. The fourth-order valence-corrected chi connectivity index (χ4v) is 1.81. The van der Waals surface area contributed by atoms with Crippen LogP contribution >= 0.6 is 0 Å². The summed E-state index contributed by atoms with van der Waals surface area (Å²) in [7, 11) is 0. The molecule has 74 valence electrons. The van der Waals surface area contributed by atoms with E-state index in [1.165, 1.54) is 5.56 Å². The lowest BCUT2D eigenvalue weighted by Crippen LogP contribution is -2.27. The third-order valence-corrected chi connectivity index (χ3v) is 2.71. The van der Waals surface area contributed by atoms with Crippen LogP contribution in [-0.4, -0.2) is 5.71 Å². The Morgan fingerprint density at radius 3 is 2.53 bits per heavy atom. The minimum Gasteiger partial charge on any atom is -0.248 e. The first kappa shape index (κ1) is 9.66. The third-order valence-electron chi connectivity index (χ3n) is 2.71. The Bertz CT molecular complexity index is 589. The topological polar surface area (TPSA) is 12.4 Å². The van der Waals surface area contributed by atoms with Gasteiger partial charge in [0.1, 0.15) is 0 Å². The number of benzene rings is 1. The van der Waals surface area contributed by atoms with Crippen molar-refractivity contribution in [2.75, 3.05) is 0 Å². The lowest BCUT2D eigenvalue weighted by molar-refractivity contribution is 1.36. The lowest BCUT2D eigenvalue weighted by Gasteiger charge is -1.97. The minimum absolute atomic E-state index is 0.885. The van der Waals surface area contributed by atoms with Gasteiger partial charge in [0.05, 0.1) is 11.4 Å². The molecule has 0 unspecified atom stereocenters. The molecule has 1 heteroatoms. The molecule has 1 aliphatic heterocycles. The molecule has 15 heavy (non-hydrogen) atoms. The molecule has 2 rings (SSSR count). The number of aryl methyl sites for hydroxylation is 1. The molecule has 0 N–H and O–H groups in total. The van der Waals surface area contributed by atoms with Crippen LogP contribution in [0.3, 0.4) is 0 Å². The van der Waals surface area contributed by atoms with Crippen molar-refractivity contribution in [2.45, 2.75) is 6.92 Å². The molecule has 1 aromatic rings.